The summed E-state index contributed by atoms with van der Waals surface area (Å²) >= 11 is 6.05. The van der Waals surface area contributed by atoms with Gasteiger partial charge in [0.05, 0.1) is 29.6 Å². The predicted octanol–water partition coefficient (Wildman–Crippen LogP) is 1.56. The fourth-order valence-electron chi connectivity index (χ4n) is 2.84. The number of ether oxygens (including phenoxy) is 1. The highest BCUT2D eigenvalue weighted by molar-refractivity contribution is 7.89. The Bertz CT molecular complexity index is 1010. The van der Waals surface area contributed by atoms with E-state index in [2.05, 4.69) is 20.3 Å². The molecule has 11 heteroatoms. The van der Waals surface area contributed by atoms with E-state index in [4.69, 9.17) is 16.3 Å². The number of hydrogen-bond acceptors (Lipinski definition) is 6. The number of amides is 2. The fourth-order valence-corrected chi connectivity index (χ4v) is 4.43. The van der Waals surface area contributed by atoms with Crippen molar-refractivity contribution in [3.05, 3.63) is 53.3 Å². The number of halogens is 1. The summed E-state index contributed by atoms with van der Waals surface area (Å²) in [5.41, 5.74) is 0.556. The van der Waals surface area contributed by atoms with Crippen LogP contribution in [-0.4, -0.2) is 51.0 Å². The van der Waals surface area contributed by atoms with Gasteiger partial charge in [-0.05, 0) is 43.2 Å². The van der Waals surface area contributed by atoms with Crippen LogP contribution in [0.25, 0.3) is 0 Å². The molecular formula is C19H21ClN4O5S. The highest BCUT2D eigenvalue weighted by Gasteiger charge is 2.23. The van der Waals surface area contributed by atoms with Crippen LogP contribution in [0.1, 0.15) is 23.2 Å². The molecule has 3 rings (SSSR count). The van der Waals surface area contributed by atoms with Gasteiger partial charge in [0.15, 0.2) is 0 Å². The number of aromatic nitrogens is 1. The number of rotatable bonds is 8. The Hall–Kier alpha value is -2.53. The molecule has 0 spiro atoms. The second kappa shape index (κ2) is 9.98. The average Bonchev–Trinajstić information content (AvgIpc) is 3.25. The van der Waals surface area contributed by atoms with Crippen LogP contribution in [0.5, 0.6) is 0 Å². The third-order valence-corrected chi connectivity index (χ3v) is 6.27. The van der Waals surface area contributed by atoms with Gasteiger partial charge in [-0.2, -0.15) is 0 Å². The number of nitrogens with zero attached hydrogens (tertiary/aromatic N) is 1. The van der Waals surface area contributed by atoms with Crippen molar-refractivity contribution in [2.75, 3.05) is 25.0 Å². The number of anilines is 1. The summed E-state index contributed by atoms with van der Waals surface area (Å²) in [4.78, 5) is 28.0. The molecule has 1 aliphatic heterocycles. The zero-order chi connectivity index (χ0) is 21.6. The minimum Gasteiger partial charge on any atom is -0.377 e. The molecule has 1 saturated heterocycles. The van der Waals surface area contributed by atoms with Crippen molar-refractivity contribution in [1.29, 1.82) is 0 Å². The van der Waals surface area contributed by atoms with E-state index in [0.29, 0.717) is 12.3 Å². The molecule has 2 aromatic rings. The van der Waals surface area contributed by atoms with Gasteiger partial charge < -0.3 is 15.4 Å². The van der Waals surface area contributed by atoms with Gasteiger partial charge in [-0.25, -0.2) is 13.1 Å². The van der Waals surface area contributed by atoms with Crippen molar-refractivity contribution >= 4 is 39.1 Å². The van der Waals surface area contributed by atoms with E-state index >= 15 is 0 Å². The maximum Gasteiger partial charge on any atom is 0.251 e. The number of hydrogen-bond donors (Lipinski definition) is 3. The SMILES string of the molecule is O=C(CNC(=O)c1ccc(Cl)c(S(=O)(=O)NCC2CCCO2)c1)Nc1cccnc1. The van der Waals surface area contributed by atoms with Crippen molar-refractivity contribution in [2.45, 2.75) is 23.8 Å². The molecule has 0 aliphatic carbocycles. The molecule has 1 aromatic carbocycles. The first-order chi connectivity index (χ1) is 14.3. The molecule has 1 unspecified atom stereocenters. The van der Waals surface area contributed by atoms with Gasteiger partial charge in [0.2, 0.25) is 15.9 Å². The largest absolute Gasteiger partial charge is 0.377 e. The first-order valence-electron chi connectivity index (χ1n) is 9.24. The molecule has 3 N–H and O–H groups in total. The van der Waals surface area contributed by atoms with Crippen LogP contribution in [0.2, 0.25) is 5.02 Å². The Balaban J connectivity index is 1.61. The predicted molar refractivity (Wildman–Crippen MR) is 111 cm³/mol. The minimum absolute atomic E-state index is 0.0132. The highest BCUT2D eigenvalue weighted by atomic mass is 35.5. The molecule has 30 heavy (non-hydrogen) atoms. The lowest BCUT2D eigenvalue weighted by atomic mass is 10.2. The third-order valence-electron chi connectivity index (χ3n) is 4.36. The van der Waals surface area contributed by atoms with Crippen molar-refractivity contribution in [2.24, 2.45) is 0 Å². The lowest BCUT2D eigenvalue weighted by Gasteiger charge is -2.13. The van der Waals surface area contributed by atoms with Crippen molar-refractivity contribution in [3.8, 4) is 0 Å². The number of carbonyl (C=O) groups excluding carboxylic acids is 2. The Morgan fingerprint density at radius 3 is 2.80 bits per heavy atom. The smallest absolute Gasteiger partial charge is 0.251 e. The Morgan fingerprint density at radius 2 is 2.10 bits per heavy atom. The van der Waals surface area contributed by atoms with Crippen LogP contribution < -0.4 is 15.4 Å². The zero-order valence-electron chi connectivity index (χ0n) is 15.9. The quantitative estimate of drug-likeness (QED) is 0.558. The first kappa shape index (κ1) is 22.2. The maximum atomic E-state index is 12.6. The van der Waals surface area contributed by atoms with Gasteiger partial charge >= 0.3 is 0 Å². The minimum atomic E-state index is -3.93. The van der Waals surface area contributed by atoms with E-state index in [1.165, 1.54) is 24.4 Å². The Kier molecular flexibility index (Phi) is 7.38. The zero-order valence-corrected chi connectivity index (χ0v) is 17.5. The molecule has 1 aliphatic rings. The molecule has 0 saturated carbocycles. The van der Waals surface area contributed by atoms with Crippen LogP contribution in [0.3, 0.4) is 0 Å². The summed E-state index contributed by atoms with van der Waals surface area (Å²) in [7, 11) is -3.93. The molecule has 2 heterocycles. The van der Waals surface area contributed by atoms with Crippen molar-refractivity contribution in [3.63, 3.8) is 0 Å². The van der Waals surface area contributed by atoms with Gasteiger partial charge in [0.1, 0.15) is 4.90 Å². The number of pyridine rings is 1. The molecule has 0 radical (unpaired) electrons. The van der Waals surface area contributed by atoms with Crippen LogP contribution in [0, 0.1) is 0 Å². The number of nitrogens with one attached hydrogen (secondary N) is 3. The first-order valence-corrected chi connectivity index (χ1v) is 11.1. The van der Waals surface area contributed by atoms with Gasteiger partial charge in [-0.1, -0.05) is 11.6 Å². The third kappa shape index (κ3) is 5.99. The second-order valence-corrected chi connectivity index (χ2v) is 8.75. The molecule has 160 valence electrons. The standard InChI is InChI=1S/C19H21ClN4O5S/c20-16-6-5-13(9-17(16)30(27,28)23-11-15-4-2-8-29-15)19(26)22-12-18(25)24-14-3-1-7-21-10-14/h1,3,5-7,9-10,15,23H,2,4,8,11-12H2,(H,22,26)(H,24,25). The van der Waals surface area contributed by atoms with E-state index in [0.717, 1.165) is 12.8 Å². The summed E-state index contributed by atoms with van der Waals surface area (Å²) in [5, 5.41) is 5.01. The van der Waals surface area contributed by atoms with Gasteiger partial charge in [0, 0.05) is 24.9 Å². The van der Waals surface area contributed by atoms with Crippen LogP contribution in [0.15, 0.2) is 47.6 Å². The van der Waals surface area contributed by atoms with Crippen LogP contribution >= 0.6 is 11.6 Å². The van der Waals surface area contributed by atoms with Gasteiger partial charge in [0.25, 0.3) is 5.91 Å². The summed E-state index contributed by atoms with van der Waals surface area (Å²) in [6.07, 6.45) is 4.53. The lowest BCUT2D eigenvalue weighted by molar-refractivity contribution is -0.115. The number of sulfonamides is 1. The van der Waals surface area contributed by atoms with E-state index < -0.39 is 21.8 Å². The molecule has 1 atom stereocenters. The molecule has 9 nitrogen and oxygen atoms in total. The summed E-state index contributed by atoms with van der Waals surface area (Å²) in [6.45, 7) is 0.441. The van der Waals surface area contributed by atoms with Crippen molar-refractivity contribution in [1.82, 2.24) is 15.0 Å². The van der Waals surface area contributed by atoms with E-state index in [1.807, 2.05) is 0 Å². The van der Waals surface area contributed by atoms with E-state index in [9.17, 15) is 18.0 Å². The highest BCUT2D eigenvalue weighted by Crippen LogP contribution is 2.23. The average molecular weight is 453 g/mol. The molecule has 2 amide bonds. The monoisotopic (exact) mass is 452 g/mol. The molecule has 0 bridgehead atoms. The van der Waals surface area contributed by atoms with Gasteiger partial charge in [-0.15, -0.1) is 0 Å². The lowest BCUT2D eigenvalue weighted by Crippen LogP contribution is -2.34. The normalized spacial score (nSPS) is 16.2. The number of carbonyl (C=O) groups is 2. The summed E-state index contributed by atoms with van der Waals surface area (Å²) < 4.78 is 33.1. The topological polar surface area (TPSA) is 126 Å². The van der Waals surface area contributed by atoms with Crippen molar-refractivity contribution < 1.29 is 22.7 Å². The fraction of sp³-hybridized carbons (Fsp3) is 0.316. The number of benzene rings is 1. The molecule has 1 aromatic heterocycles. The Labute approximate surface area is 179 Å². The Morgan fingerprint density at radius 1 is 1.27 bits per heavy atom. The molecular weight excluding hydrogens is 432 g/mol. The summed E-state index contributed by atoms with van der Waals surface area (Å²) in [6, 6.07) is 7.21. The van der Waals surface area contributed by atoms with Crippen LogP contribution in [0.4, 0.5) is 5.69 Å². The van der Waals surface area contributed by atoms with Gasteiger partial charge in [-0.3, -0.25) is 14.6 Å². The second-order valence-electron chi connectivity index (χ2n) is 6.60. The van der Waals surface area contributed by atoms with Crippen LogP contribution in [-0.2, 0) is 19.6 Å². The maximum absolute atomic E-state index is 12.6. The summed E-state index contributed by atoms with van der Waals surface area (Å²) in [5.74, 6) is -1.06. The van der Waals surface area contributed by atoms with E-state index in [-0.39, 0.29) is 34.7 Å². The molecule has 1 fully saturated rings. The van der Waals surface area contributed by atoms with E-state index in [1.54, 1.807) is 18.3 Å².